The third-order valence-corrected chi connectivity index (χ3v) is 10.1. The van der Waals surface area contributed by atoms with Crippen LogP contribution in [-0.4, -0.2) is 6.67 Å². The lowest BCUT2D eigenvalue weighted by molar-refractivity contribution is 0.102. The largest absolute Gasteiger partial charge is 0.251 e. The quantitative estimate of drug-likeness (QED) is 0.232. The van der Waals surface area contributed by atoms with E-state index in [1.54, 1.807) is 51.4 Å². The zero-order valence-corrected chi connectivity index (χ0v) is 21.8. The summed E-state index contributed by atoms with van der Waals surface area (Å²) >= 11 is 0. The topological polar surface area (TPSA) is 0 Å². The molecule has 0 heterocycles. The Hall–Kier alpha value is -0.0700. The van der Waals surface area contributed by atoms with Gasteiger partial charge in [-0.2, -0.15) is 0 Å². The van der Waals surface area contributed by atoms with E-state index in [2.05, 4.69) is 6.92 Å². The molecule has 0 atom stereocenters. The molecule has 0 spiro atoms. The summed E-state index contributed by atoms with van der Waals surface area (Å²) in [5, 5.41) is 0. The first-order chi connectivity index (χ1) is 15.8. The van der Waals surface area contributed by atoms with Gasteiger partial charge in [0.25, 0.3) is 0 Å². The Kier molecular flexibility index (Phi) is 13.1. The second kappa shape index (κ2) is 15.8. The summed E-state index contributed by atoms with van der Waals surface area (Å²) in [6.45, 7) is 2.20. The number of unbranched alkanes of at least 4 members (excludes halogenated alkanes) is 7. The molecule has 0 aromatic heterocycles. The fourth-order valence-corrected chi connectivity index (χ4v) is 7.90. The van der Waals surface area contributed by atoms with Crippen LogP contribution in [0.2, 0.25) is 0 Å². The van der Waals surface area contributed by atoms with Crippen LogP contribution in [0.15, 0.2) is 0 Å². The zero-order valence-electron chi connectivity index (χ0n) is 21.8. The molecule has 0 aromatic rings. The zero-order chi connectivity index (χ0) is 22.4. The predicted octanol–water partition coefficient (Wildman–Crippen LogP) is 10.7. The standard InChI is InChI=1S/C31H57F/c1-2-3-4-5-6-7-8-11-26-13-17-28(18-14-26)30-21-23-31(24-22-30)29-19-15-27(16-20-29)12-9-10-25-32/h26-31H,2-25H2,1H3. The van der Waals surface area contributed by atoms with E-state index >= 15 is 0 Å². The van der Waals surface area contributed by atoms with Gasteiger partial charge in [0.2, 0.25) is 0 Å². The number of rotatable bonds is 14. The normalized spacial score (nSPS) is 33.9. The van der Waals surface area contributed by atoms with E-state index in [0.29, 0.717) is 0 Å². The van der Waals surface area contributed by atoms with E-state index in [1.807, 2.05) is 0 Å². The first kappa shape index (κ1) is 26.5. The molecular formula is C31H57F. The van der Waals surface area contributed by atoms with E-state index in [0.717, 1.165) is 48.3 Å². The molecule has 3 aliphatic carbocycles. The maximum atomic E-state index is 12.3. The first-order valence-corrected chi connectivity index (χ1v) is 15.4. The van der Waals surface area contributed by atoms with Gasteiger partial charge in [0.1, 0.15) is 0 Å². The van der Waals surface area contributed by atoms with Crippen LogP contribution in [0, 0.1) is 35.5 Å². The Labute approximate surface area is 201 Å². The maximum Gasteiger partial charge on any atom is 0.0894 e. The van der Waals surface area contributed by atoms with Crippen LogP contribution >= 0.6 is 0 Å². The van der Waals surface area contributed by atoms with Crippen LogP contribution in [0.25, 0.3) is 0 Å². The molecule has 3 fully saturated rings. The fourth-order valence-electron chi connectivity index (χ4n) is 7.90. The van der Waals surface area contributed by atoms with Crippen molar-refractivity contribution < 1.29 is 4.39 Å². The van der Waals surface area contributed by atoms with Crippen molar-refractivity contribution in [2.24, 2.45) is 35.5 Å². The van der Waals surface area contributed by atoms with Gasteiger partial charge in [0, 0.05) is 0 Å². The van der Waals surface area contributed by atoms with E-state index < -0.39 is 0 Å². The summed E-state index contributed by atoms with van der Waals surface area (Å²) in [7, 11) is 0. The SMILES string of the molecule is CCCCCCCCCC1CCC(C2CCC(C3CCC(CCCCF)CC3)CC2)CC1. The third-order valence-electron chi connectivity index (χ3n) is 10.1. The highest BCUT2D eigenvalue weighted by Crippen LogP contribution is 2.46. The summed E-state index contributed by atoms with van der Waals surface area (Å²) < 4.78 is 12.3. The fraction of sp³-hybridized carbons (Fsp3) is 1.00. The van der Waals surface area contributed by atoms with Crippen molar-refractivity contribution in [1.82, 2.24) is 0 Å². The molecule has 3 rings (SSSR count). The Morgan fingerprint density at radius 1 is 0.438 bits per heavy atom. The van der Waals surface area contributed by atoms with Crippen LogP contribution in [0.4, 0.5) is 4.39 Å². The van der Waals surface area contributed by atoms with Gasteiger partial charge in [-0.1, -0.05) is 96.8 Å². The minimum Gasteiger partial charge on any atom is -0.251 e. The molecule has 3 aliphatic rings. The summed E-state index contributed by atoms with van der Waals surface area (Å²) in [5.74, 6) is 6.22. The van der Waals surface area contributed by atoms with Crippen LogP contribution in [0.1, 0.15) is 155 Å². The van der Waals surface area contributed by atoms with Crippen molar-refractivity contribution >= 4 is 0 Å². The van der Waals surface area contributed by atoms with Crippen molar-refractivity contribution in [3.05, 3.63) is 0 Å². The molecular weight excluding hydrogens is 391 g/mol. The Morgan fingerprint density at radius 3 is 1.19 bits per heavy atom. The van der Waals surface area contributed by atoms with Gasteiger partial charge in [0.15, 0.2) is 0 Å². The minimum absolute atomic E-state index is 0.112. The lowest BCUT2D eigenvalue weighted by Crippen LogP contribution is -2.29. The molecule has 32 heavy (non-hydrogen) atoms. The van der Waals surface area contributed by atoms with Gasteiger partial charge in [-0.05, 0) is 93.3 Å². The second-order valence-corrected chi connectivity index (χ2v) is 12.3. The van der Waals surface area contributed by atoms with Gasteiger partial charge in [-0.25, -0.2) is 0 Å². The summed E-state index contributed by atoms with van der Waals surface area (Å²) in [4.78, 5) is 0. The molecule has 0 N–H and O–H groups in total. The molecule has 188 valence electrons. The van der Waals surface area contributed by atoms with Crippen molar-refractivity contribution in [1.29, 1.82) is 0 Å². The lowest BCUT2D eigenvalue weighted by atomic mass is 9.64. The molecule has 0 aliphatic heterocycles. The Bertz CT molecular complexity index is 435. The highest BCUT2D eigenvalue weighted by atomic mass is 19.1. The average molecular weight is 449 g/mol. The van der Waals surface area contributed by atoms with Gasteiger partial charge < -0.3 is 0 Å². The van der Waals surface area contributed by atoms with Gasteiger partial charge in [0.05, 0.1) is 6.67 Å². The number of hydrogen-bond donors (Lipinski definition) is 0. The van der Waals surface area contributed by atoms with E-state index in [9.17, 15) is 4.39 Å². The lowest BCUT2D eigenvalue weighted by Gasteiger charge is -2.41. The summed E-state index contributed by atoms with van der Waals surface area (Å²) in [6.07, 6.45) is 33.2. The number of halogens is 1. The van der Waals surface area contributed by atoms with Crippen molar-refractivity contribution in [2.45, 2.75) is 155 Å². The summed E-state index contributed by atoms with van der Waals surface area (Å²) in [6, 6.07) is 0. The molecule has 0 aromatic carbocycles. The number of hydrogen-bond acceptors (Lipinski definition) is 0. The van der Waals surface area contributed by atoms with Gasteiger partial charge >= 0.3 is 0 Å². The molecule has 0 radical (unpaired) electrons. The van der Waals surface area contributed by atoms with Crippen LogP contribution in [0.3, 0.4) is 0 Å². The minimum atomic E-state index is -0.112. The Balaban J connectivity index is 1.22. The first-order valence-electron chi connectivity index (χ1n) is 15.4. The van der Waals surface area contributed by atoms with Crippen LogP contribution in [-0.2, 0) is 0 Å². The van der Waals surface area contributed by atoms with Crippen molar-refractivity contribution in [2.75, 3.05) is 6.67 Å². The smallest absolute Gasteiger partial charge is 0.0894 e. The van der Waals surface area contributed by atoms with Crippen molar-refractivity contribution in [3.8, 4) is 0 Å². The molecule has 0 nitrogen and oxygen atoms in total. The highest BCUT2D eigenvalue weighted by Gasteiger charge is 2.34. The van der Waals surface area contributed by atoms with E-state index in [-0.39, 0.29) is 6.67 Å². The molecule has 1 heteroatoms. The third kappa shape index (κ3) is 9.29. The average Bonchev–Trinajstić information content (AvgIpc) is 2.85. The predicted molar refractivity (Wildman–Crippen MR) is 139 cm³/mol. The van der Waals surface area contributed by atoms with Crippen LogP contribution < -0.4 is 0 Å². The molecule has 0 amide bonds. The molecule has 3 saturated carbocycles. The van der Waals surface area contributed by atoms with Crippen molar-refractivity contribution in [3.63, 3.8) is 0 Å². The molecule has 0 unspecified atom stereocenters. The second-order valence-electron chi connectivity index (χ2n) is 12.3. The highest BCUT2D eigenvalue weighted by molar-refractivity contribution is 4.86. The van der Waals surface area contributed by atoms with Crippen LogP contribution in [0.5, 0.6) is 0 Å². The molecule has 0 bridgehead atoms. The maximum absolute atomic E-state index is 12.3. The van der Waals surface area contributed by atoms with Gasteiger partial charge in [-0.15, -0.1) is 0 Å². The van der Waals surface area contributed by atoms with E-state index in [1.165, 1.54) is 83.5 Å². The number of alkyl halides is 1. The summed E-state index contributed by atoms with van der Waals surface area (Å²) in [5.41, 5.74) is 0. The monoisotopic (exact) mass is 448 g/mol. The Morgan fingerprint density at radius 2 is 0.781 bits per heavy atom. The molecule has 0 saturated heterocycles. The van der Waals surface area contributed by atoms with Gasteiger partial charge in [-0.3, -0.25) is 4.39 Å². The van der Waals surface area contributed by atoms with E-state index in [4.69, 9.17) is 0 Å².